The molecule has 0 bridgehead atoms. The highest BCUT2D eigenvalue weighted by Gasteiger charge is 2.20. The lowest BCUT2D eigenvalue weighted by Crippen LogP contribution is -2.36. The van der Waals surface area contributed by atoms with Crippen molar-refractivity contribution >= 4 is 11.6 Å². The van der Waals surface area contributed by atoms with Crippen LogP contribution in [-0.4, -0.2) is 31.2 Å². The fourth-order valence-corrected chi connectivity index (χ4v) is 3.18. The predicted octanol–water partition coefficient (Wildman–Crippen LogP) is 3.58. The zero-order valence-electron chi connectivity index (χ0n) is 16.8. The second-order valence-electron chi connectivity index (χ2n) is 6.46. The minimum atomic E-state index is -0.339. The molecule has 0 saturated carbocycles. The van der Waals surface area contributed by atoms with Crippen LogP contribution in [0.2, 0.25) is 0 Å². The summed E-state index contributed by atoms with van der Waals surface area (Å²) in [6, 6.07) is 18.1. The summed E-state index contributed by atoms with van der Waals surface area (Å²) in [5, 5.41) is 0. The molecule has 150 valence electrons. The smallest absolute Gasteiger partial charge is 0.263 e. The average Bonchev–Trinajstić information content (AvgIpc) is 2.76. The van der Waals surface area contributed by atoms with Crippen molar-refractivity contribution in [1.29, 1.82) is 0 Å². The first-order chi connectivity index (χ1) is 14.1. The second-order valence-corrected chi connectivity index (χ2v) is 6.46. The molecule has 0 N–H and O–H groups in total. The highest BCUT2D eigenvalue weighted by Crippen LogP contribution is 2.23. The average molecular weight is 392 g/mol. The Morgan fingerprint density at radius 2 is 1.62 bits per heavy atom. The Kier molecular flexibility index (Phi) is 6.34. The monoisotopic (exact) mass is 392 g/mol. The van der Waals surface area contributed by atoms with E-state index in [0.29, 0.717) is 24.6 Å². The highest BCUT2D eigenvalue weighted by molar-refractivity contribution is 6.05. The first-order valence-corrected chi connectivity index (χ1v) is 9.35. The summed E-state index contributed by atoms with van der Waals surface area (Å²) in [6.07, 6.45) is 1.67. The third-order valence-electron chi connectivity index (χ3n) is 4.64. The van der Waals surface area contributed by atoms with Gasteiger partial charge in [0.25, 0.3) is 11.5 Å². The molecule has 0 aliphatic heterocycles. The van der Waals surface area contributed by atoms with E-state index < -0.39 is 0 Å². The van der Waals surface area contributed by atoms with E-state index in [1.807, 2.05) is 49.4 Å². The lowest BCUT2D eigenvalue weighted by molar-refractivity contribution is 0.0986. The van der Waals surface area contributed by atoms with Gasteiger partial charge in [-0.25, -0.2) is 0 Å². The van der Waals surface area contributed by atoms with E-state index in [-0.39, 0.29) is 17.0 Å². The molecule has 0 spiro atoms. The van der Waals surface area contributed by atoms with Crippen LogP contribution in [0.25, 0.3) is 0 Å². The molecule has 0 atom stereocenters. The van der Waals surface area contributed by atoms with Crippen LogP contribution in [0, 0.1) is 0 Å². The summed E-state index contributed by atoms with van der Waals surface area (Å²) >= 11 is 0. The summed E-state index contributed by atoms with van der Waals surface area (Å²) in [5.41, 5.74) is 1.39. The zero-order valence-corrected chi connectivity index (χ0v) is 16.8. The molecule has 1 aromatic heterocycles. The van der Waals surface area contributed by atoms with Crippen molar-refractivity contribution in [2.24, 2.45) is 0 Å². The number of pyridine rings is 1. The summed E-state index contributed by atoms with van der Waals surface area (Å²) in [7, 11) is 3.15. The molecule has 3 rings (SSSR count). The van der Waals surface area contributed by atoms with E-state index in [0.717, 1.165) is 11.3 Å². The normalized spacial score (nSPS) is 10.4. The van der Waals surface area contributed by atoms with Gasteiger partial charge in [-0.15, -0.1) is 0 Å². The van der Waals surface area contributed by atoms with Crippen molar-refractivity contribution in [3.8, 4) is 11.5 Å². The van der Waals surface area contributed by atoms with Gasteiger partial charge in [-0.3, -0.25) is 9.59 Å². The Hall–Kier alpha value is -3.54. The summed E-state index contributed by atoms with van der Waals surface area (Å²) in [6.45, 7) is 2.64. The molecule has 1 amide bonds. The molecule has 1 heterocycles. The van der Waals surface area contributed by atoms with Gasteiger partial charge in [0.1, 0.15) is 17.1 Å². The van der Waals surface area contributed by atoms with Gasteiger partial charge < -0.3 is 18.9 Å². The molecule has 0 saturated heterocycles. The molecule has 0 aliphatic rings. The van der Waals surface area contributed by atoms with Crippen molar-refractivity contribution < 1.29 is 14.3 Å². The van der Waals surface area contributed by atoms with Gasteiger partial charge in [0.15, 0.2) is 0 Å². The maximum absolute atomic E-state index is 13.1. The molecule has 0 aliphatic carbocycles. The van der Waals surface area contributed by atoms with E-state index in [1.165, 1.54) is 4.57 Å². The second kappa shape index (κ2) is 9.10. The van der Waals surface area contributed by atoms with Crippen molar-refractivity contribution in [2.45, 2.75) is 13.5 Å². The van der Waals surface area contributed by atoms with E-state index in [9.17, 15) is 9.59 Å². The van der Waals surface area contributed by atoms with Gasteiger partial charge in [0.2, 0.25) is 0 Å². The van der Waals surface area contributed by atoms with Gasteiger partial charge >= 0.3 is 0 Å². The Balaban J connectivity index is 1.94. The number of para-hydroxylation sites is 1. The van der Waals surface area contributed by atoms with Gasteiger partial charge in [-0.1, -0.05) is 18.2 Å². The third kappa shape index (κ3) is 4.48. The van der Waals surface area contributed by atoms with Gasteiger partial charge in [-0.05, 0) is 48.9 Å². The van der Waals surface area contributed by atoms with Crippen LogP contribution in [0.15, 0.2) is 71.7 Å². The van der Waals surface area contributed by atoms with E-state index in [1.54, 1.807) is 43.5 Å². The van der Waals surface area contributed by atoms with Gasteiger partial charge in [0.05, 0.1) is 20.8 Å². The molecule has 6 heteroatoms. The van der Waals surface area contributed by atoms with Gasteiger partial charge in [-0.2, -0.15) is 0 Å². The topological polar surface area (TPSA) is 60.8 Å². The van der Waals surface area contributed by atoms with Gasteiger partial charge in [0, 0.05) is 24.5 Å². The zero-order chi connectivity index (χ0) is 20.8. The number of amides is 1. The summed E-state index contributed by atoms with van der Waals surface area (Å²) in [4.78, 5) is 27.7. The standard InChI is InChI=1S/C23H24N2O4/c1-4-25(18-9-6-5-7-10-18)23(27)21-11-8-12-24(22(21)26)16-17-13-19(28-2)15-20(14-17)29-3/h5-15H,4,16H2,1-3H3. The van der Waals surface area contributed by atoms with Crippen molar-refractivity contribution in [2.75, 3.05) is 25.7 Å². The van der Waals surface area contributed by atoms with Crippen LogP contribution in [0.3, 0.4) is 0 Å². The number of nitrogens with zero attached hydrogens (tertiary/aromatic N) is 2. The largest absolute Gasteiger partial charge is 0.497 e. The number of ether oxygens (including phenoxy) is 2. The quantitative estimate of drug-likeness (QED) is 0.617. The Bertz CT molecular complexity index is 1020. The van der Waals surface area contributed by atoms with Crippen LogP contribution < -0.4 is 19.9 Å². The number of anilines is 1. The molecule has 2 aromatic carbocycles. The fraction of sp³-hybridized carbons (Fsp3) is 0.217. The highest BCUT2D eigenvalue weighted by atomic mass is 16.5. The van der Waals surface area contributed by atoms with E-state index in [4.69, 9.17) is 9.47 Å². The predicted molar refractivity (Wildman–Crippen MR) is 113 cm³/mol. The number of hydrogen-bond acceptors (Lipinski definition) is 4. The Labute approximate surface area is 169 Å². The SMILES string of the molecule is CCN(C(=O)c1cccn(Cc2cc(OC)cc(OC)c2)c1=O)c1ccccc1. The van der Waals surface area contributed by atoms with Crippen molar-refractivity contribution in [3.63, 3.8) is 0 Å². The molecule has 0 unspecified atom stereocenters. The third-order valence-corrected chi connectivity index (χ3v) is 4.64. The lowest BCUT2D eigenvalue weighted by atomic mass is 10.1. The number of carbonyl (C=O) groups is 1. The molecule has 29 heavy (non-hydrogen) atoms. The fourth-order valence-electron chi connectivity index (χ4n) is 3.18. The van der Waals surface area contributed by atoms with Crippen LogP contribution in [-0.2, 0) is 6.54 Å². The number of carbonyl (C=O) groups excluding carboxylic acids is 1. The van der Waals surface area contributed by atoms with Crippen LogP contribution in [0.4, 0.5) is 5.69 Å². The summed E-state index contributed by atoms with van der Waals surface area (Å²) < 4.78 is 12.1. The van der Waals surface area contributed by atoms with Crippen LogP contribution >= 0.6 is 0 Å². The molecule has 0 fully saturated rings. The first kappa shape index (κ1) is 20.2. The van der Waals surface area contributed by atoms with Crippen LogP contribution in [0.5, 0.6) is 11.5 Å². The Morgan fingerprint density at radius 3 is 2.21 bits per heavy atom. The maximum Gasteiger partial charge on any atom is 0.263 e. The summed E-state index contributed by atoms with van der Waals surface area (Å²) in [5.74, 6) is 0.961. The first-order valence-electron chi connectivity index (χ1n) is 9.35. The number of benzene rings is 2. The molecular weight excluding hydrogens is 368 g/mol. The van der Waals surface area contributed by atoms with Crippen molar-refractivity contribution in [3.05, 3.63) is 88.3 Å². The Morgan fingerprint density at radius 1 is 0.966 bits per heavy atom. The molecule has 3 aromatic rings. The van der Waals surface area contributed by atoms with E-state index >= 15 is 0 Å². The molecular formula is C23H24N2O4. The molecule has 0 radical (unpaired) electrons. The lowest BCUT2D eigenvalue weighted by Gasteiger charge is -2.21. The minimum absolute atomic E-state index is 0.132. The van der Waals surface area contributed by atoms with Crippen molar-refractivity contribution in [1.82, 2.24) is 4.57 Å². The minimum Gasteiger partial charge on any atom is -0.497 e. The van der Waals surface area contributed by atoms with E-state index in [2.05, 4.69) is 0 Å². The van der Waals surface area contributed by atoms with Crippen LogP contribution in [0.1, 0.15) is 22.8 Å². The number of aromatic nitrogens is 1. The maximum atomic E-state index is 13.1. The number of rotatable bonds is 7. The molecule has 6 nitrogen and oxygen atoms in total. The number of methoxy groups -OCH3 is 2. The number of hydrogen-bond donors (Lipinski definition) is 0.